The number of nitrogens with two attached hydrogens (primary N) is 1. The zero-order valence-corrected chi connectivity index (χ0v) is 45.0. The summed E-state index contributed by atoms with van der Waals surface area (Å²) in [5.74, 6) is 8.49. The lowest BCUT2D eigenvalue weighted by atomic mass is 9.55. The second kappa shape index (κ2) is 21.1. The third-order valence-electron chi connectivity index (χ3n) is 20.4. The molecular formula is C66H81N3O7. The minimum atomic E-state index is -0.493. The molecule has 7 N–H and O–H groups in total. The minimum absolute atomic E-state index is 0.00279. The molecule has 11 unspecified atom stereocenters. The fourth-order valence-electron chi connectivity index (χ4n) is 17.1. The van der Waals surface area contributed by atoms with Gasteiger partial charge in [-0.1, -0.05) is 92.2 Å². The van der Waals surface area contributed by atoms with Gasteiger partial charge in [-0.2, -0.15) is 0 Å². The summed E-state index contributed by atoms with van der Waals surface area (Å²) < 4.78 is 13.4. The van der Waals surface area contributed by atoms with E-state index in [4.69, 9.17) is 20.2 Å². The Labute approximate surface area is 450 Å². The fourth-order valence-corrected chi connectivity index (χ4v) is 17.1. The molecule has 402 valence electrons. The summed E-state index contributed by atoms with van der Waals surface area (Å²) in [6, 6.07) is 17.0. The van der Waals surface area contributed by atoms with E-state index in [1.165, 1.54) is 23.1 Å². The molecule has 76 heavy (non-hydrogen) atoms. The van der Waals surface area contributed by atoms with Gasteiger partial charge in [-0.25, -0.2) is 4.99 Å². The number of Topliss-reactive ketones (excluding diaryl/α,β-unsaturated/α-hetero) is 1. The van der Waals surface area contributed by atoms with E-state index in [0.717, 1.165) is 122 Å². The van der Waals surface area contributed by atoms with Crippen LogP contribution >= 0.6 is 0 Å². The first-order valence-electron chi connectivity index (χ1n) is 29.4. The number of rotatable bonds is 7. The number of nitrogens with zero attached hydrogens (tertiary/aromatic N) is 1. The molecular weight excluding hydrogens is 947 g/mol. The average molecular weight is 1030 g/mol. The third kappa shape index (κ3) is 9.42. The number of aromatic hydroxyl groups is 2. The second-order valence-corrected chi connectivity index (χ2v) is 25.1. The first-order valence-corrected chi connectivity index (χ1v) is 29.4. The quantitative estimate of drug-likeness (QED) is 0.0997. The SMILES string of the molecule is COCC1C2C=C3C4CC(C)CC3C1c1c(O)c(OC3CCCC3)cc(C3CCC5CC6(CO)C=CCCC6C(CO)=C5C(=O)C3)c1C#CCC(C2)N=C(N)NC1(CCCCC1)c1cccc(c1)Cc1cc(O)cc4c1. The maximum Gasteiger partial charge on any atom is 0.189 e. The molecule has 11 atom stereocenters. The Morgan fingerprint density at radius 2 is 1.75 bits per heavy atom. The number of guanidine groups is 1. The Balaban J connectivity index is 1.06. The van der Waals surface area contributed by atoms with E-state index < -0.39 is 5.41 Å². The Bertz CT molecular complexity index is 2910. The van der Waals surface area contributed by atoms with E-state index in [1.807, 2.05) is 12.1 Å². The zero-order chi connectivity index (χ0) is 52.3. The van der Waals surface area contributed by atoms with Crippen molar-refractivity contribution in [1.29, 1.82) is 0 Å². The minimum Gasteiger partial charge on any atom is -0.508 e. The lowest BCUT2D eigenvalue weighted by Gasteiger charge is -2.50. The van der Waals surface area contributed by atoms with Crippen LogP contribution in [-0.4, -0.2) is 71.2 Å². The van der Waals surface area contributed by atoms with E-state index in [2.05, 4.69) is 78.7 Å². The van der Waals surface area contributed by atoms with Crippen LogP contribution in [0.4, 0.5) is 0 Å². The van der Waals surface area contributed by atoms with E-state index in [9.17, 15) is 20.4 Å². The number of fused-ring (bicyclic) bond motifs is 13. The van der Waals surface area contributed by atoms with Crippen molar-refractivity contribution >= 4 is 11.7 Å². The van der Waals surface area contributed by atoms with Gasteiger partial charge in [-0.3, -0.25) is 4.79 Å². The molecule has 3 aromatic rings. The number of carbonyl (C=O) groups excluding carboxylic acids is 1. The molecule has 10 nitrogen and oxygen atoms in total. The zero-order valence-electron chi connectivity index (χ0n) is 45.0. The third-order valence-corrected chi connectivity index (χ3v) is 20.4. The van der Waals surface area contributed by atoms with E-state index in [-0.39, 0.29) is 102 Å². The first kappa shape index (κ1) is 51.4. The van der Waals surface area contributed by atoms with Crippen LogP contribution in [0.15, 0.2) is 88.5 Å². The van der Waals surface area contributed by atoms with Gasteiger partial charge >= 0.3 is 0 Å². The van der Waals surface area contributed by atoms with Crippen LogP contribution in [0, 0.1) is 52.8 Å². The number of ketones is 1. The number of nitrogens with one attached hydrogen (secondary N) is 1. The molecule has 3 aromatic carbocycles. The molecule has 10 heteroatoms. The topological polar surface area (TPSA) is 167 Å². The van der Waals surface area contributed by atoms with Crippen molar-refractivity contribution in [2.75, 3.05) is 26.9 Å². The highest BCUT2D eigenvalue weighted by Crippen LogP contribution is 2.61. The molecule has 1 heterocycles. The number of aliphatic hydroxyl groups is 2. The second-order valence-electron chi connectivity index (χ2n) is 25.1. The smallest absolute Gasteiger partial charge is 0.189 e. The largest absolute Gasteiger partial charge is 0.508 e. The van der Waals surface area contributed by atoms with Gasteiger partial charge in [0.15, 0.2) is 23.2 Å². The number of methoxy groups -OCH3 is 1. The standard InChI is InChI=1S/C66H81N3O7/c1-39-24-51-44-27-41(29-48(72)31-44)26-40-12-10-13-46(28-40)66(22-7-3-8-23-66)69-64(67)68-47-14-11-17-50-52(42-19-20-43-35-65(38-71)21-9-6-18-57(65)55(36-70)60(43)58(73)33-42)34-59(76-49-15-4-5-16-49)63(74)62(50)61-54(25-39)53(51)32-45(30-47)56(61)37-75-2/h9-10,12-13,21,27-29,31-32,34,39,42-43,45,47,49,51,54,56-57,61,70-72,74H,3-8,14-16,18-20,22-26,30,33,35-38H2,1-2H3,(H3,67,68,69). The molecule has 8 bridgehead atoms. The molecule has 9 aliphatic rings. The Morgan fingerprint density at radius 3 is 2.55 bits per heavy atom. The molecule has 0 radical (unpaired) electrons. The van der Waals surface area contributed by atoms with Crippen LogP contribution in [-0.2, 0) is 21.5 Å². The van der Waals surface area contributed by atoms with Crippen LogP contribution in [0.5, 0.6) is 17.2 Å². The van der Waals surface area contributed by atoms with Gasteiger partial charge in [-0.05, 0) is 189 Å². The van der Waals surface area contributed by atoms with Crippen molar-refractivity contribution in [2.24, 2.45) is 51.6 Å². The number of phenols is 2. The van der Waals surface area contributed by atoms with Gasteiger partial charge in [0, 0.05) is 53.9 Å². The van der Waals surface area contributed by atoms with Gasteiger partial charge in [-0.15, -0.1) is 0 Å². The lowest BCUT2D eigenvalue weighted by Crippen LogP contribution is -2.50. The molecule has 0 saturated heterocycles. The van der Waals surface area contributed by atoms with Gasteiger partial charge < -0.3 is 41.0 Å². The summed E-state index contributed by atoms with van der Waals surface area (Å²) in [5, 5.41) is 51.1. The molecule has 0 amide bonds. The van der Waals surface area contributed by atoms with Gasteiger partial charge in [0.05, 0.1) is 37.5 Å². The summed E-state index contributed by atoms with van der Waals surface area (Å²) >= 11 is 0. The molecule has 8 aliphatic carbocycles. The highest BCUT2D eigenvalue weighted by Gasteiger charge is 2.51. The lowest BCUT2D eigenvalue weighted by molar-refractivity contribution is -0.116. The number of ether oxygens (including phenoxy) is 2. The first-order chi connectivity index (χ1) is 37.0. The summed E-state index contributed by atoms with van der Waals surface area (Å²) in [6.07, 6.45) is 23.7. The van der Waals surface area contributed by atoms with Gasteiger partial charge in [0.25, 0.3) is 0 Å². The number of benzene rings is 3. The molecule has 4 fully saturated rings. The summed E-state index contributed by atoms with van der Waals surface area (Å²) in [7, 11) is 1.79. The highest BCUT2D eigenvalue weighted by molar-refractivity contribution is 5.98. The summed E-state index contributed by atoms with van der Waals surface area (Å²) in [6.45, 7) is 2.60. The van der Waals surface area contributed by atoms with E-state index >= 15 is 4.79 Å². The highest BCUT2D eigenvalue weighted by atomic mass is 16.5. The van der Waals surface area contributed by atoms with Crippen LogP contribution in [0.3, 0.4) is 0 Å². The van der Waals surface area contributed by atoms with Crippen LogP contribution in [0.2, 0.25) is 0 Å². The number of hydrogen-bond acceptors (Lipinski definition) is 10. The molecule has 4 saturated carbocycles. The van der Waals surface area contributed by atoms with Crippen LogP contribution in [0.1, 0.15) is 186 Å². The monoisotopic (exact) mass is 1030 g/mol. The number of allylic oxidation sites excluding steroid dienone is 4. The summed E-state index contributed by atoms with van der Waals surface area (Å²) in [5.41, 5.74) is 16.4. The maximum atomic E-state index is 15.2. The van der Waals surface area contributed by atoms with Crippen LogP contribution < -0.4 is 15.8 Å². The van der Waals surface area contributed by atoms with Crippen molar-refractivity contribution < 1.29 is 34.7 Å². The Hall–Kier alpha value is -5.34. The Morgan fingerprint density at radius 1 is 0.921 bits per heavy atom. The predicted octanol–water partition coefficient (Wildman–Crippen LogP) is 11.4. The average Bonchev–Trinajstić information content (AvgIpc) is 3.90. The van der Waals surface area contributed by atoms with E-state index in [1.54, 1.807) is 7.11 Å². The Kier molecular flexibility index (Phi) is 14.3. The molecule has 1 aliphatic heterocycles. The maximum absolute atomic E-state index is 15.2. The predicted molar refractivity (Wildman–Crippen MR) is 297 cm³/mol. The summed E-state index contributed by atoms with van der Waals surface area (Å²) in [4.78, 5) is 20.7. The van der Waals surface area contributed by atoms with Gasteiger partial charge in [0.1, 0.15) is 5.75 Å². The molecule has 12 rings (SSSR count). The molecule has 1 spiro atoms. The number of aliphatic imine (C=N–C) groups is 1. The fraction of sp³-hybridized carbons (Fsp3) is 0.576. The number of phenolic OH excluding ortho intramolecular Hbond substituents is 2. The normalized spacial score (nSPS) is 32.9. The molecule has 0 aromatic heterocycles. The van der Waals surface area contributed by atoms with Crippen molar-refractivity contribution in [1.82, 2.24) is 5.32 Å². The number of aliphatic hydroxyl groups excluding tert-OH is 2. The van der Waals surface area contributed by atoms with E-state index in [0.29, 0.717) is 56.3 Å². The van der Waals surface area contributed by atoms with Crippen molar-refractivity contribution in [3.05, 3.63) is 122 Å². The number of hydrogen-bond donors (Lipinski definition) is 6. The van der Waals surface area contributed by atoms with Crippen LogP contribution in [0.25, 0.3) is 0 Å². The van der Waals surface area contributed by atoms with Crippen molar-refractivity contribution in [3.63, 3.8) is 0 Å². The number of carbonyl (C=O) groups is 1. The van der Waals surface area contributed by atoms with Crippen molar-refractivity contribution in [3.8, 4) is 29.1 Å². The van der Waals surface area contributed by atoms with Crippen molar-refractivity contribution in [2.45, 2.75) is 171 Å². The van der Waals surface area contributed by atoms with Gasteiger partial charge in [0.2, 0.25) is 0 Å².